The average molecular weight is 262 g/mol. The molecule has 0 aliphatic rings. The largest absolute Gasteiger partial charge is 1.00 e. The molecule has 0 amide bonds. The SMILES string of the molecule is F[B-](F)(F)CCc1cccc2ccccc12.[K+]. The van der Waals surface area contributed by atoms with Crippen LogP contribution in [0.2, 0.25) is 6.32 Å². The maximum atomic E-state index is 12.2. The van der Waals surface area contributed by atoms with E-state index in [4.69, 9.17) is 0 Å². The van der Waals surface area contributed by atoms with Gasteiger partial charge in [0, 0.05) is 0 Å². The third kappa shape index (κ3) is 4.41. The quantitative estimate of drug-likeness (QED) is 0.730. The van der Waals surface area contributed by atoms with Crippen LogP contribution in [0, 0.1) is 0 Å². The van der Waals surface area contributed by atoms with Crippen LogP contribution in [0.3, 0.4) is 0 Å². The number of hydrogen-bond acceptors (Lipinski definition) is 0. The number of rotatable bonds is 3. The predicted octanol–water partition coefficient (Wildman–Crippen LogP) is 1.23. The molecule has 0 unspecified atom stereocenters. The van der Waals surface area contributed by atoms with E-state index >= 15 is 0 Å². The maximum Gasteiger partial charge on any atom is 1.00 e. The Bertz CT molecular complexity index is 491. The fraction of sp³-hybridized carbons (Fsp3) is 0.167. The van der Waals surface area contributed by atoms with Gasteiger partial charge in [0.15, 0.2) is 0 Å². The molecule has 0 bridgehead atoms. The monoisotopic (exact) mass is 262 g/mol. The molecule has 0 radical (unpaired) electrons. The predicted molar refractivity (Wildman–Crippen MR) is 61.5 cm³/mol. The van der Waals surface area contributed by atoms with Crippen molar-refractivity contribution < 1.29 is 64.3 Å². The average Bonchev–Trinajstić information content (AvgIpc) is 2.25. The summed E-state index contributed by atoms with van der Waals surface area (Å²) in [5.74, 6) is 0. The van der Waals surface area contributed by atoms with Crippen LogP contribution in [-0.2, 0) is 6.42 Å². The molecule has 0 aliphatic heterocycles. The summed E-state index contributed by atoms with van der Waals surface area (Å²) in [4.78, 5) is 0. The molecule has 0 saturated carbocycles. The van der Waals surface area contributed by atoms with Gasteiger partial charge in [0.1, 0.15) is 0 Å². The molecule has 0 spiro atoms. The second kappa shape index (κ2) is 6.38. The molecule has 17 heavy (non-hydrogen) atoms. The summed E-state index contributed by atoms with van der Waals surface area (Å²) >= 11 is 0. The van der Waals surface area contributed by atoms with Crippen LogP contribution >= 0.6 is 0 Å². The summed E-state index contributed by atoms with van der Waals surface area (Å²) in [6.07, 6.45) is -0.626. The van der Waals surface area contributed by atoms with Gasteiger partial charge in [-0.1, -0.05) is 55.2 Å². The summed E-state index contributed by atoms with van der Waals surface area (Å²) in [5, 5.41) is 1.92. The summed E-state index contributed by atoms with van der Waals surface area (Å²) in [6.45, 7) is -4.69. The van der Waals surface area contributed by atoms with Gasteiger partial charge in [0.05, 0.1) is 0 Å². The van der Waals surface area contributed by atoms with Crippen molar-refractivity contribution >= 4 is 17.7 Å². The van der Waals surface area contributed by atoms with Crippen LogP contribution in [0.1, 0.15) is 5.56 Å². The van der Waals surface area contributed by atoms with Crippen LogP contribution in [-0.4, -0.2) is 6.98 Å². The molecule has 0 aliphatic carbocycles. The Hall–Kier alpha value is 0.191. The van der Waals surface area contributed by atoms with E-state index in [-0.39, 0.29) is 57.8 Å². The molecule has 2 aromatic rings. The second-order valence-corrected chi connectivity index (χ2v) is 3.89. The summed E-state index contributed by atoms with van der Waals surface area (Å²) in [6, 6.07) is 13.0. The molecular formula is C12H11BF3K. The van der Waals surface area contributed by atoms with E-state index in [1.165, 1.54) is 0 Å². The van der Waals surface area contributed by atoms with Gasteiger partial charge in [-0.15, -0.1) is 0 Å². The van der Waals surface area contributed by atoms with Crippen molar-refractivity contribution in [2.45, 2.75) is 12.7 Å². The smallest absolute Gasteiger partial charge is 0.449 e. The van der Waals surface area contributed by atoms with E-state index in [1.807, 2.05) is 30.3 Å². The van der Waals surface area contributed by atoms with Crippen molar-refractivity contribution in [3.63, 3.8) is 0 Å². The first kappa shape index (κ1) is 15.2. The van der Waals surface area contributed by atoms with Gasteiger partial charge in [-0.25, -0.2) is 0 Å². The Labute approximate surface area is 141 Å². The molecule has 0 aromatic heterocycles. The number of benzene rings is 2. The van der Waals surface area contributed by atoms with E-state index in [9.17, 15) is 12.9 Å². The van der Waals surface area contributed by atoms with Gasteiger partial charge in [-0.2, -0.15) is 0 Å². The van der Waals surface area contributed by atoms with Gasteiger partial charge >= 0.3 is 58.4 Å². The standard InChI is InChI=1S/C12H11BF3.K/c14-13(15,16)9-8-11-6-3-5-10-4-1-2-7-12(10)11;/h1-7H,8-9H2;/q-1;+1. The Morgan fingerprint density at radius 1 is 0.882 bits per heavy atom. The third-order valence-corrected chi connectivity index (χ3v) is 2.62. The van der Waals surface area contributed by atoms with Gasteiger partial charge < -0.3 is 12.9 Å². The molecule has 0 saturated heterocycles. The molecule has 0 N–H and O–H groups in total. The zero-order valence-corrected chi connectivity index (χ0v) is 12.8. The van der Waals surface area contributed by atoms with Crippen molar-refractivity contribution in [1.29, 1.82) is 0 Å². The molecule has 5 heteroatoms. The fourth-order valence-electron chi connectivity index (χ4n) is 1.83. The molecule has 2 aromatic carbocycles. The van der Waals surface area contributed by atoms with Crippen LogP contribution in [0.4, 0.5) is 12.9 Å². The van der Waals surface area contributed by atoms with E-state index in [0.29, 0.717) is 0 Å². The molecule has 2 rings (SSSR count). The second-order valence-electron chi connectivity index (χ2n) is 3.89. The summed E-state index contributed by atoms with van der Waals surface area (Å²) < 4.78 is 36.6. The first-order valence-corrected chi connectivity index (χ1v) is 5.24. The molecule has 0 heterocycles. The van der Waals surface area contributed by atoms with Gasteiger partial charge in [-0.3, -0.25) is 0 Å². The first-order valence-electron chi connectivity index (χ1n) is 5.24. The van der Waals surface area contributed by atoms with Crippen LogP contribution in [0.5, 0.6) is 0 Å². The fourth-order valence-corrected chi connectivity index (χ4v) is 1.83. The van der Waals surface area contributed by atoms with E-state index in [1.54, 1.807) is 12.1 Å². The van der Waals surface area contributed by atoms with Crippen molar-refractivity contribution in [3.8, 4) is 0 Å². The number of halogens is 3. The van der Waals surface area contributed by atoms with Gasteiger partial charge in [-0.05, 0) is 16.3 Å². The van der Waals surface area contributed by atoms with E-state index in [2.05, 4.69) is 0 Å². The number of aryl methyl sites for hydroxylation is 1. The molecule has 0 nitrogen and oxygen atoms in total. The first-order chi connectivity index (χ1) is 7.56. The van der Waals surface area contributed by atoms with Crippen molar-refractivity contribution in [3.05, 3.63) is 48.0 Å². The zero-order valence-electron chi connectivity index (χ0n) is 9.67. The molecule has 84 valence electrons. The summed E-state index contributed by atoms with van der Waals surface area (Å²) in [7, 11) is 0. The van der Waals surface area contributed by atoms with E-state index < -0.39 is 13.3 Å². The molecular weight excluding hydrogens is 251 g/mol. The van der Waals surface area contributed by atoms with Crippen LogP contribution in [0.25, 0.3) is 10.8 Å². The molecule has 0 fully saturated rings. The number of fused-ring (bicyclic) bond motifs is 1. The van der Waals surface area contributed by atoms with Crippen LogP contribution in [0.15, 0.2) is 42.5 Å². The van der Waals surface area contributed by atoms with Crippen molar-refractivity contribution in [1.82, 2.24) is 0 Å². The topological polar surface area (TPSA) is 0 Å². The third-order valence-electron chi connectivity index (χ3n) is 2.62. The minimum absolute atomic E-state index is 0. The number of hydrogen-bond donors (Lipinski definition) is 0. The normalized spacial score (nSPS) is 11.2. The Morgan fingerprint density at radius 2 is 1.53 bits per heavy atom. The van der Waals surface area contributed by atoms with Gasteiger partial charge in [0.25, 0.3) is 0 Å². The molecule has 0 atom stereocenters. The Kier molecular flexibility index (Phi) is 5.73. The Balaban J connectivity index is 0.00000144. The Morgan fingerprint density at radius 3 is 2.24 bits per heavy atom. The van der Waals surface area contributed by atoms with E-state index in [0.717, 1.165) is 16.3 Å². The minimum Gasteiger partial charge on any atom is -0.449 e. The van der Waals surface area contributed by atoms with Gasteiger partial charge in [0.2, 0.25) is 0 Å². The van der Waals surface area contributed by atoms with Crippen molar-refractivity contribution in [2.75, 3.05) is 0 Å². The summed E-state index contributed by atoms with van der Waals surface area (Å²) in [5.41, 5.74) is 0.775. The van der Waals surface area contributed by atoms with Crippen LogP contribution < -0.4 is 51.4 Å². The van der Waals surface area contributed by atoms with Crippen molar-refractivity contribution in [2.24, 2.45) is 0 Å². The maximum absolute atomic E-state index is 12.2. The zero-order chi connectivity index (χ0) is 11.6. The minimum atomic E-state index is -4.69.